The number of rotatable bonds is 4. The molecule has 6 heteroatoms. The van der Waals surface area contributed by atoms with Gasteiger partial charge in [-0.15, -0.1) is 0 Å². The number of hydrogen-bond acceptors (Lipinski definition) is 3. The Bertz CT molecular complexity index is 591. The van der Waals surface area contributed by atoms with Gasteiger partial charge in [-0.3, -0.25) is 14.4 Å². The summed E-state index contributed by atoms with van der Waals surface area (Å²) in [4.78, 5) is 37.1. The van der Waals surface area contributed by atoms with Crippen LogP contribution in [0.2, 0.25) is 0 Å². The number of nitrogens with one attached hydrogen (secondary N) is 1. The first-order valence-electron chi connectivity index (χ1n) is 6.89. The Morgan fingerprint density at radius 2 is 1.95 bits per heavy atom. The molecule has 0 radical (unpaired) electrons. The number of carbonyl (C=O) groups excluding carboxylic acids is 2. The average Bonchev–Trinajstić information content (AvgIpc) is 3.25. The molecular formula is C14H17N3O3. The fourth-order valence-corrected chi connectivity index (χ4v) is 2.54. The second-order valence-electron chi connectivity index (χ2n) is 5.37. The van der Waals surface area contributed by atoms with Crippen LogP contribution in [-0.4, -0.2) is 40.4 Å². The molecule has 1 aliphatic carbocycles. The lowest BCUT2D eigenvalue weighted by molar-refractivity contribution is -0.145. The minimum absolute atomic E-state index is 0.0175. The third-order valence-corrected chi connectivity index (χ3v) is 3.83. The van der Waals surface area contributed by atoms with E-state index in [4.69, 9.17) is 0 Å². The fourth-order valence-electron chi connectivity index (χ4n) is 2.54. The van der Waals surface area contributed by atoms with Crippen LogP contribution in [0.5, 0.6) is 0 Å². The third-order valence-electron chi connectivity index (χ3n) is 3.83. The van der Waals surface area contributed by atoms with Gasteiger partial charge < -0.3 is 14.8 Å². The van der Waals surface area contributed by atoms with Crippen molar-refractivity contribution in [1.82, 2.24) is 14.8 Å². The Morgan fingerprint density at radius 1 is 1.15 bits per heavy atom. The van der Waals surface area contributed by atoms with Crippen LogP contribution in [0.4, 0.5) is 0 Å². The average molecular weight is 275 g/mol. The van der Waals surface area contributed by atoms with Crippen molar-refractivity contribution in [2.45, 2.75) is 25.4 Å². The normalized spacial score (nSPS) is 22.8. The summed E-state index contributed by atoms with van der Waals surface area (Å²) >= 11 is 0. The Balaban J connectivity index is 1.67. The van der Waals surface area contributed by atoms with Crippen molar-refractivity contribution in [1.29, 1.82) is 0 Å². The van der Waals surface area contributed by atoms with E-state index in [9.17, 15) is 14.4 Å². The first kappa shape index (κ1) is 12.9. The number of piperazine rings is 1. The Labute approximate surface area is 116 Å². The molecule has 0 aromatic carbocycles. The molecule has 1 aromatic rings. The topological polar surface area (TPSA) is 71.4 Å². The van der Waals surface area contributed by atoms with E-state index in [1.807, 2.05) is 0 Å². The molecule has 2 heterocycles. The molecule has 20 heavy (non-hydrogen) atoms. The molecule has 2 amide bonds. The Hall–Kier alpha value is -2.11. The van der Waals surface area contributed by atoms with E-state index >= 15 is 0 Å². The number of carbonyl (C=O) groups is 2. The highest BCUT2D eigenvalue weighted by molar-refractivity contribution is 5.95. The summed E-state index contributed by atoms with van der Waals surface area (Å²) in [7, 11) is 0. The van der Waals surface area contributed by atoms with Gasteiger partial charge in [-0.05, 0) is 24.8 Å². The lowest BCUT2D eigenvalue weighted by Gasteiger charge is -2.32. The number of aromatic nitrogens is 1. The minimum atomic E-state index is -0.358. The molecule has 1 atom stereocenters. The van der Waals surface area contributed by atoms with Gasteiger partial charge in [0.15, 0.2) is 0 Å². The molecule has 1 aromatic heterocycles. The molecule has 2 fully saturated rings. The smallest absolute Gasteiger partial charge is 0.250 e. The summed E-state index contributed by atoms with van der Waals surface area (Å²) < 4.78 is 1.55. The van der Waals surface area contributed by atoms with E-state index in [0.29, 0.717) is 19.0 Å². The van der Waals surface area contributed by atoms with E-state index in [2.05, 4.69) is 5.32 Å². The highest BCUT2D eigenvalue weighted by Gasteiger charge is 2.42. The van der Waals surface area contributed by atoms with Gasteiger partial charge in [0.2, 0.25) is 11.8 Å². The van der Waals surface area contributed by atoms with Crippen LogP contribution in [0.15, 0.2) is 29.2 Å². The Morgan fingerprint density at radius 3 is 2.65 bits per heavy atom. The molecule has 0 bridgehead atoms. The predicted molar refractivity (Wildman–Crippen MR) is 71.9 cm³/mol. The maximum atomic E-state index is 12.3. The van der Waals surface area contributed by atoms with Crippen LogP contribution >= 0.6 is 0 Å². The van der Waals surface area contributed by atoms with Gasteiger partial charge in [0.1, 0.15) is 6.04 Å². The van der Waals surface area contributed by atoms with E-state index in [1.54, 1.807) is 27.8 Å². The summed E-state index contributed by atoms with van der Waals surface area (Å²) in [6.45, 7) is 0.888. The number of hydrogen-bond donors (Lipinski definition) is 1. The number of nitrogens with zero attached hydrogens (tertiary/aromatic N) is 2. The summed E-state index contributed by atoms with van der Waals surface area (Å²) in [5.74, 6) is 0.173. The first-order valence-corrected chi connectivity index (χ1v) is 6.89. The SMILES string of the molecule is O=C1CN(CCn2ccccc2=O)C(=O)C(C2CC2)N1. The van der Waals surface area contributed by atoms with Crippen molar-refractivity contribution in [3.05, 3.63) is 34.7 Å². The number of pyridine rings is 1. The first-order chi connectivity index (χ1) is 9.65. The Kier molecular flexibility index (Phi) is 3.30. The fraction of sp³-hybridized carbons (Fsp3) is 0.500. The molecule has 6 nitrogen and oxygen atoms in total. The maximum absolute atomic E-state index is 12.3. The van der Waals surface area contributed by atoms with E-state index in [0.717, 1.165) is 12.8 Å². The number of amides is 2. The molecule has 1 saturated carbocycles. The van der Waals surface area contributed by atoms with Crippen LogP contribution in [0.3, 0.4) is 0 Å². The maximum Gasteiger partial charge on any atom is 0.250 e. The van der Waals surface area contributed by atoms with Gasteiger partial charge in [-0.1, -0.05) is 6.07 Å². The molecule has 106 valence electrons. The summed E-state index contributed by atoms with van der Waals surface area (Å²) in [5.41, 5.74) is -0.0971. The molecule has 1 N–H and O–H groups in total. The van der Waals surface area contributed by atoms with Crippen molar-refractivity contribution in [3.8, 4) is 0 Å². The van der Waals surface area contributed by atoms with Gasteiger partial charge >= 0.3 is 0 Å². The van der Waals surface area contributed by atoms with Crippen LogP contribution in [-0.2, 0) is 16.1 Å². The zero-order valence-corrected chi connectivity index (χ0v) is 11.1. The van der Waals surface area contributed by atoms with Crippen molar-refractivity contribution in [3.63, 3.8) is 0 Å². The van der Waals surface area contributed by atoms with Crippen LogP contribution in [0.25, 0.3) is 0 Å². The van der Waals surface area contributed by atoms with Crippen molar-refractivity contribution < 1.29 is 9.59 Å². The molecular weight excluding hydrogens is 258 g/mol. The molecule has 1 saturated heterocycles. The standard InChI is InChI=1S/C14H17N3O3/c18-11-9-17(14(20)13(15-11)10-4-5-10)8-7-16-6-2-1-3-12(16)19/h1-3,6,10,13H,4-5,7-9H2,(H,15,18). The van der Waals surface area contributed by atoms with Gasteiger partial charge in [0.25, 0.3) is 5.56 Å². The lowest BCUT2D eigenvalue weighted by atomic mass is 10.1. The highest BCUT2D eigenvalue weighted by atomic mass is 16.2. The molecule has 3 rings (SSSR count). The largest absolute Gasteiger partial charge is 0.342 e. The van der Waals surface area contributed by atoms with Gasteiger partial charge in [-0.2, -0.15) is 0 Å². The van der Waals surface area contributed by atoms with Crippen molar-refractivity contribution >= 4 is 11.8 Å². The monoisotopic (exact) mass is 275 g/mol. The van der Waals surface area contributed by atoms with Crippen LogP contribution < -0.4 is 10.9 Å². The van der Waals surface area contributed by atoms with Crippen LogP contribution in [0, 0.1) is 5.92 Å². The van der Waals surface area contributed by atoms with Crippen LogP contribution in [0.1, 0.15) is 12.8 Å². The highest BCUT2D eigenvalue weighted by Crippen LogP contribution is 2.34. The second-order valence-corrected chi connectivity index (χ2v) is 5.37. The quantitative estimate of drug-likeness (QED) is 0.811. The van der Waals surface area contributed by atoms with E-state index in [1.165, 1.54) is 6.07 Å². The van der Waals surface area contributed by atoms with Crippen molar-refractivity contribution in [2.75, 3.05) is 13.1 Å². The zero-order chi connectivity index (χ0) is 14.1. The molecule has 1 unspecified atom stereocenters. The van der Waals surface area contributed by atoms with E-state index < -0.39 is 0 Å². The molecule has 2 aliphatic rings. The summed E-state index contributed by atoms with van der Waals surface area (Å²) in [5, 5.41) is 2.77. The summed E-state index contributed by atoms with van der Waals surface area (Å²) in [6.07, 6.45) is 3.69. The van der Waals surface area contributed by atoms with Gasteiger partial charge in [0.05, 0.1) is 6.54 Å². The zero-order valence-electron chi connectivity index (χ0n) is 11.1. The van der Waals surface area contributed by atoms with Gasteiger partial charge in [0, 0.05) is 25.4 Å². The summed E-state index contributed by atoms with van der Waals surface area (Å²) in [6, 6.07) is 4.59. The van der Waals surface area contributed by atoms with Gasteiger partial charge in [-0.25, -0.2) is 0 Å². The van der Waals surface area contributed by atoms with E-state index in [-0.39, 0.29) is 30.0 Å². The predicted octanol–water partition coefficient (Wildman–Crippen LogP) is -0.415. The minimum Gasteiger partial charge on any atom is -0.342 e. The lowest BCUT2D eigenvalue weighted by Crippen LogP contribution is -2.59. The molecule has 0 spiro atoms. The third kappa shape index (κ3) is 2.59. The van der Waals surface area contributed by atoms with Crippen molar-refractivity contribution in [2.24, 2.45) is 5.92 Å². The second kappa shape index (κ2) is 5.11. The molecule has 1 aliphatic heterocycles.